The Bertz CT molecular complexity index is 471. The first-order chi connectivity index (χ1) is 9.56. The molecule has 1 aliphatic heterocycles. The molecule has 1 fully saturated rings. The highest BCUT2D eigenvalue weighted by Gasteiger charge is 2.15. The van der Waals surface area contributed by atoms with E-state index in [9.17, 15) is 4.79 Å². The van der Waals surface area contributed by atoms with Crippen LogP contribution in [0.3, 0.4) is 0 Å². The fourth-order valence-electron chi connectivity index (χ4n) is 2.01. The Hall–Kier alpha value is -2.12. The van der Waals surface area contributed by atoms with Gasteiger partial charge in [-0.25, -0.2) is 0 Å². The fourth-order valence-corrected chi connectivity index (χ4v) is 2.01. The summed E-state index contributed by atoms with van der Waals surface area (Å²) in [5.74, 6) is 1.04. The van der Waals surface area contributed by atoms with Crippen LogP contribution in [0.15, 0.2) is 0 Å². The van der Waals surface area contributed by atoms with Crippen molar-refractivity contribution in [3.05, 3.63) is 0 Å². The van der Waals surface area contributed by atoms with Gasteiger partial charge in [-0.3, -0.25) is 4.79 Å². The Kier molecular flexibility index (Phi) is 4.54. The van der Waals surface area contributed by atoms with Crippen molar-refractivity contribution in [3.8, 4) is 0 Å². The number of hydrogen-bond donors (Lipinski definition) is 2. The van der Waals surface area contributed by atoms with Crippen LogP contribution in [-0.2, 0) is 4.79 Å². The number of aromatic nitrogens is 3. The molecule has 2 rings (SSSR count). The van der Waals surface area contributed by atoms with E-state index in [0.29, 0.717) is 11.9 Å². The van der Waals surface area contributed by atoms with Gasteiger partial charge in [-0.05, 0) is 19.3 Å². The Labute approximate surface area is 118 Å². The molecule has 1 aliphatic rings. The summed E-state index contributed by atoms with van der Waals surface area (Å²) in [7, 11) is 3.40. The molecule has 0 aliphatic carbocycles. The highest BCUT2D eigenvalue weighted by atomic mass is 16.2. The second-order valence-corrected chi connectivity index (χ2v) is 5.01. The summed E-state index contributed by atoms with van der Waals surface area (Å²) >= 11 is 0. The van der Waals surface area contributed by atoms with Crippen LogP contribution < -0.4 is 16.0 Å². The SMILES string of the molecule is CN(C)C(=O)CNc1nc(N)nc(N2CCCCC2)n1. The first-order valence-electron chi connectivity index (χ1n) is 6.77. The van der Waals surface area contributed by atoms with Crippen LogP contribution >= 0.6 is 0 Å². The van der Waals surface area contributed by atoms with Gasteiger partial charge in [-0.15, -0.1) is 0 Å². The third-order valence-corrected chi connectivity index (χ3v) is 3.18. The molecule has 0 radical (unpaired) electrons. The third kappa shape index (κ3) is 3.69. The molecule has 2 heterocycles. The van der Waals surface area contributed by atoms with Crippen molar-refractivity contribution in [2.45, 2.75) is 19.3 Å². The molecule has 20 heavy (non-hydrogen) atoms. The highest BCUT2D eigenvalue weighted by molar-refractivity contribution is 5.79. The number of nitrogens with one attached hydrogen (secondary N) is 1. The zero-order valence-corrected chi connectivity index (χ0v) is 12.0. The number of nitrogens with two attached hydrogens (primary N) is 1. The normalized spacial score (nSPS) is 15.0. The van der Waals surface area contributed by atoms with Crippen LogP contribution in [0, 0.1) is 0 Å². The number of nitrogen functional groups attached to an aromatic ring is 1. The first kappa shape index (κ1) is 14.3. The van der Waals surface area contributed by atoms with Crippen LogP contribution in [0.25, 0.3) is 0 Å². The van der Waals surface area contributed by atoms with E-state index in [-0.39, 0.29) is 18.4 Å². The van der Waals surface area contributed by atoms with Gasteiger partial charge in [-0.1, -0.05) is 0 Å². The average molecular weight is 279 g/mol. The standard InChI is InChI=1S/C12H21N7O/c1-18(2)9(20)8-14-11-15-10(13)16-12(17-11)19-6-4-3-5-7-19/h3-8H2,1-2H3,(H3,13,14,15,16,17). The van der Waals surface area contributed by atoms with Gasteiger partial charge in [0.15, 0.2) is 0 Å². The molecule has 1 aromatic heterocycles. The van der Waals surface area contributed by atoms with Crippen molar-refractivity contribution in [1.82, 2.24) is 19.9 Å². The number of anilines is 3. The van der Waals surface area contributed by atoms with E-state index in [1.54, 1.807) is 14.1 Å². The van der Waals surface area contributed by atoms with Gasteiger partial charge >= 0.3 is 0 Å². The Morgan fingerprint density at radius 2 is 1.95 bits per heavy atom. The molecule has 0 saturated carbocycles. The summed E-state index contributed by atoms with van der Waals surface area (Å²) in [6, 6.07) is 0. The van der Waals surface area contributed by atoms with Crippen molar-refractivity contribution in [1.29, 1.82) is 0 Å². The third-order valence-electron chi connectivity index (χ3n) is 3.18. The molecule has 8 nitrogen and oxygen atoms in total. The Morgan fingerprint density at radius 3 is 2.60 bits per heavy atom. The first-order valence-corrected chi connectivity index (χ1v) is 6.77. The van der Waals surface area contributed by atoms with E-state index in [1.807, 2.05) is 0 Å². The minimum absolute atomic E-state index is 0.0523. The molecule has 1 saturated heterocycles. The zero-order valence-electron chi connectivity index (χ0n) is 12.0. The summed E-state index contributed by atoms with van der Waals surface area (Å²) in [6.45, 7) is 1.99. The molecule has 0 spiro atoms. The number of piperidine rings is 1. The number of amides is 1. The van der Waals surface area contributed by atoms with Crippen molar-refractivity contribution >= 4 is 23.8 Å². The molecule has 3 N–H and O–H groups in total. The van der Waals surface area contributed by atoms with E-state index in [2.05, 4.69) is 25.2 Å². The lowest BCUT2D eigenvalue weighted by Gasteiger charge is -2.26. The van der Waals surface area contributed by atoms with E-state index >= 15 is 0 Å². The molecule has 8 heteroatoms. The second kappa shape index (κ2) is 6.36. The van der Waals surface area contributed by atoms with Crippen molar-refractivity contribution < 1.29 is 4.79 Å². The number of rotatable bonds is 4. The van der Waals surface area contributed by atoms with Gasteiger partial charge in [0.05, 0.1) is 6.54 Å². The lowest BCUT2D eigenvalue weighted by molar-refractivity contribution is -0.126. The lowest BCUT2D eigenvalue weighted by Crippen LogP contribution is -2.32. The molecule has 0 aromatic carbocycles. The average Bonchev–Trinajstić information content (AvgIpc) is 2.45. The summed E-state index contributed by atoms with van der Waals surface area (Å²) < 4.78 is 0. The van der Waals surface area contributed by atoms with Crippen LogP contribution in [0.5, 0.6) is 0 Å². The van der Waals surface area contributed by atoms with Crippen molar-refractivity contribution in [3.63, 3.8) is 0 Å². The highest BCUT2D eigenvalue weighted by Crippen LogP contribution is 2.17. The number of nitrogens with zero attached hydrogens (tertiary/aromatic N) is 5. The van der Waals surface area contributed by atoms with Crippen molar-refractivity contribution in [2.24, 2.45) is 0 Å². The molecule has 1 amide bonds. The predicted octanol–water partition coefficient (Wildman–Crippen LogP) is -0.0558. The quantitative estimate of drug-likeness (QED) is 0.796. The fraction of sp³-hybridized carbons (Fsp3) is 0.667. The van der Waals surface area contributed by atoms with Crippen LogP contribution in [0.2, 0.25) is 0 Å². The van der Waals surface area contributed by atoms with E-state index in [1.165, 1.54) is 11.3 Å². The summed E-state index contributed by atoms with van der Waals surface area (Å²) in [6.07, 6.45) is 3.50. The number of carbonyl (C=O) groups excluding carboxylic acids is 1. The minimum atomic E-state index is -0.0523. The van der Waals surface area contributed by atoms with Gasteiger partial charge in [0.2, 0.25) is 23.8 Å². The van der Waals surface area contributed by atoms with E-state index < -0.39 is 0 Å². The number of hydrogen-bond acceptors (Lipinski definition) is 7. The summed E-state index contributed by atoms with van der Waals surface area (Å²) in [5.41, 5.74) is 5.71. The second-order valence-electron chi connectivity index (χ2n) is 5.01. The van der Waals surface area contributed by atoms with E-state index in [0.717, 1.165) is 25.9 Å². The maximum Gasteiger partial charge on any atom is 0.241 e. The molecule has 0 atom stereocenters. The maximum absolute atomic E-state index is 11.5. The van der Waals surface area contributed by atoms with Gasteiger partial charge in [-0.2, -0.15) is 15.0 Å². The van der Waals surface area contributed by atoms with Gasteiger partial charge in [0.1, 0.15) is 0 Å². The van der Waals surface area contributed by atoms with Crippen LogP contribution in [0.4, 0.5) is 17.8 Å². The number of likely N-dealkylation sites (N-methyl/N-ethyl adjacent to an activating group) is 1. The van der Waals surface area contributed by atoms with Gasteiger partial charge in [0.25, 0.3) is 0 Å². The predicted molar refractivity (Wildman–Crippen MR) is 77.5 cm³/mol. The molecule has 0 unspecified atom stereocenters. The Morgan fingerprint density at radius 1 is 1.25 bits per heavy atom. The van der Waals surface area contributed by atoms with Crippen molar-refractivity contribution in [2.75, 3.05) is 49.7 Å². The number of carbonyl (C=O) groups is 1. The lowest BCUT2D eigenvalue weighted by atomic mass is 10.1. The Balaban J connectivity index is 2.06. The van der Waals surface area contributed by atoms with Gasteiger partial charge < -0.3 is 20.9 Å². The van der Waals surface area contributed by atoms with E-state index in [4.69, 9.17) is 5.73 Å². The van der Waals surface area contributed by atoms with Crippen LogP contribution in [-0.4, -0.2) is 59.5 Å². The van der Waals surface area contributed by atoms with Gasteiger partial charge in [0, 0.05) is 27.2 Å². The summed E-state index contributed by atoms with van der Waals surface area (Å²) in [5, 5.41) is 2.89. The maximum atomic E-state index is 11.5. The topological polar surface area (TPSA) is 100 Å². The summed E-state index contributed by atoms with van der Waals surface area (Å²) in [4.78, 5) is 27.6. The minimum Gasteiger partial charge on any atom is -0.368 e. The molecule has 0 bridgehead atoms. The molecule has 110 valence electrons. The largest absolute Gasteiger partial charge is 0.368 e. The molecular formula is C12H21N7O. The zero-order chi connectivity index (χ0) is 14.5. The smallest absolute Gasteiger partial charge is 0.241 e. The molecule has 1 aromatic rings. The molecular weight excluding hydrogens is 258 g/mol. The van der Waals surface area contributed by atoms with Crippen LogP contribution in [0.1, 0.15) is 19.3 Å². The monoisotopic (exact) mass is 279 g/mol.